The van der Waals surface area contributed by atoms with Crippen molar-refractivity contribution in [2.75, 3.05) is 19.7 Å². The molecular formula is C14H20N2O2. The van der Waals surface area contributed by atoms with Crippen LogP contribution in [0.25, 0.3) is 0 Å². The van der Waals surface area contributed by atoms with Gasteiger partial charge < -0.3 is 15.4 Å². The summed E-state index contributed by atoms with van der Waals surface area (Å²) in [5.74, 6) is 0.0410. The Balaban J connectivity index is 2.00. The zero-order valence-corrected chi connectivity index (χ0v) is 10.8. The van der Waals surface area contributed by atoms with Gasteiger partial charge in [-0.3, -0.25) is 4.79 Å². The second-order valence-electron chi connectivity index (χ2n) is 4.61. The zero-order chi connectivity index (χ0) is 13.0. The molecule has 0 bridgehead atoms. The largest absolute Gasteiger partial charge is 0.365 e. The molecule has 1 aromatic rings. The average molecular weight is 248 g/mol. The molecule has 0 radical (unpaired) electrons. The number of hydrogen-bond acceptors (Lipinski definition) is 3. The number of rotatable bonds is 4. The maximum atomic E-state index is 11.7. The molecule has 18 heavy (non-hydrogen) atoms. The van der Waals surface area contributed by atoms with Gasteiger partial charge in [-0.2, -0.15) is 0 Å². The van der Waals surface area contributed by atoms with Gasteiger partial charge >= 0.3 is 0 Å². The molecule has 1 unspecified atom stereocenters. The number of nitrogens with two attached hydrogens (primary N) is 1. The SMILES string of the molecule is CCc1ccc(CN2CC(CN)OCC2=O)cc1. The lowest BCUT2D eigenvalue weighted by molar-refractivity contribution is -0.149. The molecule has 1 aliphatic heterocycles. The highest BCUT2D eigenvalue weighted by Crippen LogP contribution is 2.12. The van der Waals surface area contributed by atoms with Crippen molar-refractivity contribution in [2.45, 2.75) is 26.0 Å². The van der Waals surface area contributed by atoms with E-state index in [4.69, 9.17) is 10.5 Å². The van der Waals surface area contributed by atoms with Crippen molar-refractivity contribution in [2.24, 2.45) is 5.73 Å². The highest BCUT2D eigenvalue weighted by Gasteiger charge is 2.25. The number of benzene rings is 1. The molecule has 1 fully saturated rings. The van der Waals surface area contributed by atoms with E-state index < -0.39 is 0 Å². The van der Waals surface area contributed by atoms with E-state index in [2.05, 4.69) is 31.2 Å². The topological polar surface area (TPSA) is 55.6 Å². The predicted molar refractivity (Wildman–Crippen MR) is 70.0 cm³/mol. The van der Waals surface area contributed by atoms with Gasteiger partial charge in [0.05, 0.1) is 6.10 Å². The van der Waals surface area contributed by atoms with Crippen molar-refractivity contribution in [3.8, 4) is 0 Å². The fourth-order valence-corrected chi connectivity index (χ4v) is 2.08. The molecule has 1 saturated heterocycles. The Kier molecular flexibility index (Phi) is 4.33. The molecule has 0 spiro atoms. The first-order chi connectivity index (χ1) is 8.72. The van der Waals surface area contributed by atoms with Gasteiger partial charge in [-0.15, -0.1) is 0 Å². The van der Waals surface area contributed by atoms with Crippen LogP contribution in [-0.2, 0) is 22.5 Å². The molecule has 1 heterocycles. The summed E-state index contributed by atoms with van der Waals surface area (Å²) >= 11 is 0. The normalized spacial score (nSPS) is 20.2. The predicted octanol–water partition coefficient (Wildman–Crippen LogP) is 0.935. The number of hydrogen-bond donors (Lipinski definition) is 1. The molecule has 1 aliphatic rings. The molecule has 1 aromatic carbocycles. The number of carbonyl (C=O) groups is 1. The molecule has 4 heteroatoms. The van der Waals surface area contributed by atoms with E-state index >= 15 is 0 Å². The summed E-state index contributed by atoms with van der Waals surface area (Å²) in [6.07, 6.45) is 1.00. The number of morpholine rings is 1. The van der Waals surface area contributed by atoms with Gasteiger partial charge in [0.25, 0.3) is 0 Å². The van der Waals surface area contributed by atoms with Crippen LogP contribution in [0, 0.1) is 0 Å². The zero-order valence-electron chi connectivity index (χ0n) is 10.8. The highest BCUT2D eigenvalue weighted by molar-refractivity contribution is 5.78. The Labute approximate surface area is 108 Å². The summed E-state index contributed by atoms with van der Waals surface area (Å²) < 4.78 is 5.33. The maximum Gasteiger partial charge on any atom is 0.248 e. The van der Waals surface area contributed by atoms with Crippen molar-refractivity contribution in [3.63, 3.8) is 0 Å². The first kappa shape index (κ1) is 13.1. The van der Waals surface area contributed by atoms with Crippen LogP contribution < -0.4 is 5.73 Å². The van der Waals surface area contributed by atoms with Crippen LogP contribution in [-0.4, -0.2) is 36.6 Å². The number of carbonyl (C=O) groups excluding carboxylic acids is 1. The van der Waals surface area contributed by atoms with Crippen LogP contribution in [0.1, 0.15) is 18.1 Å². The smallest absolute Gasteiger partial charge is 0.248 e. The summed E-state index contributed by atoms with van der Waals surface area (Å²) in [5, 5.41) is 0. The molecule has 98 valence electrons. The molecule has 0 aromatic heterocycles. The summed E-state index contributed by atoms with van der Waals surface area (Å²) in [4.78, 5) is 13.6. The van der Waals surface area contributed by atoms with Crippen LogP contribution in [0.3, 0.4) is 0 Å². The molecule has 0 saturated carbocycles. The van der Waals surface area contributed by atoms with E-state index in [0.29, 0.717) is 19.6 Å². The lowest BCUT2D eigenvalue weighted by atomic mass is 10.1. The Morgan fingerprint density at radius 1 is 1.33 bits per heavy atom. The second-order valence-corrected chi connectivity index (χ2v) is 4.61. The Hall–Kier alpha value is -1.39. The third-order valence-corrected chi connectivity index (χ3v) is 3.29. The lowest BCUT2D eigenvalue weighted by Gasteiger charge is -2.32. The van der Waals surface area contributed by atoms with E-state index in [1.54, 1.807) is 0 Å². The number of amides is 1. The van der Waals surface area contributed by atoms with Crippen LogP contribution in [0.15, 0.2) is 24.3 Å². The van der Waals surface area contributed by atoms with Crippen molar-refractivity contribution >= 4 is 5.91 Å². The molecule has 1 atom stereocenters. The highest BCUT2D eigenvalue weighted by atomic mass is 16.5. The Morgan fingerprint density at radius 3 is 2.61 bits per heavy atom. The van der Waals surface area contributed by atoms with E-state index in [0.717, 1.165) is 12.0 Å². The number of aryl methyl sites for hydroxylation is 1. The van der Waals surface area contributed by atoms with Gasteiger partial charge in [0, 0.05) is 19.6 Å². The summed E-state index contributed by atoms with van der Waals surface area (Å²) in [6.45, 7) is 3.97. The van der Waals surface area contributed by atoms with Gasteiger partial charge in [0.15, 0.2) is 0 Å². The fourth-order valence-electron chi connectivity index (χ4n) is 2.08. The molecule has 1 amide bonds. The first-order valence-corrected chi connectivity index (χ1v) is 6.40. The van der Waals surface area contributed by atoms with Crippen molar-refractivity contribution < 1.29 is 9.53 Å². The third-order valence-electron chi connectivity index (χ3n) is 3.29. The van der Waals surface area contributed by atoms with Gasteiger partial charge in [-0.05, 0) is 17.5 Å². The molecule has 0 aliphatic carbocycles. The molecular weight excluding hydrogens is 228 g/mol. The summed E-state index contributed by atoms with van der Waals surface area (Å²) in [7, 11) is 0. The van der Waals surface area contributed by atoms with Crippen LogP contribution in [0.4, 0.5) is 0 Å². The molecule has 4 nitrogen and oxygen atoms in total. The van der Waals surface area contributed by atoms with Gasteiger partial charge in [-0.1, -0.05) is 31.2 Å². The van der Waals surface area contributed by atoms with Gasteiger partial charge in [0.1, 0.15) is 6.61 Å². The van der Waals surface area contributed by atoms with E-state index in [1.165, 1.54) is 5.56 Å². The molecule has 2 N–H and O–H groups in total. The first-order valence-electron chi connectivity index (χ1n) is 6.40. The van der Waals surface area contributed by atoms with Gasteiger partial charge in [0.2, 0.25) is 5.91 Å². The number of nitrogens with zero attached hydrogens (tertiary/aromatic N) is 1. The monoisotopic (exact) mass is 248 g/mol. The maximum absolute atomic E-state index is 11.7. The minimum Gasteiger partial charge on any atom is -0.365 e. The number of ether oxygens (including phenoxy) is 1. The van der Waals surface area contributed by atoms with Crippen LogP contribution >= 0.6 is 0 Å². The van der Waals surface area contributed by atoms with E-state index in [9.17, 15) is 4.79 Å². The minimum absolute atomic E-state index is 0.0300. The van der Waals surface area contributed by atoms with E-state index in [-0.39, 0.29) is 18.6 Å². The Morgan fingerprint density at radius 2 is 2.00 bits per heavy atom. The summed E-state index contributed by atoms with van der Waals surface area (Å²) in [6, 6.07) is 8.39. The lowest BCUT2D eigenvalue weighted by Crippen LogP contribution is -2.48. The quantitative estimate of drug-likeness (QED) is 0.862. The van der Waals surface area contributed by atoms with Crippen molar-refractivity contribution in [1.29, 1.82) is 0 Å². The Bertz CT molecular complexity index is 403. The van der Waals surface area contributed by atoms with Crippen molar-refractivity contribution in [1.82, 2.24) is 4.90 Å². The van der Waals surface area contributed by atoms with Crippen LogP contribution in [0.5, 0.6) is 0 Å². The summed E-state index contributed by atoms with van der Waals surface area (Å²) in [5.41, 5.74) is 8.04. The van der Waals surface area contributed by atoms with Crippen LogP contribution in [0.2, 0.25) is 0 Å². The average Bonchev–Trinajstić information content (AvgIpc) is 2.42. The minimum atomic E-state index is -0.0300. The van der Waals surface area contributed by atoms with Crippen molar-refractivity contribution in [3.05, 3.63) is 35.4 Å². The fraction of sp³-hybridized carbons (Fsp3) is 0.500. The standard InChI is InChI=1S/C14H20N2O2/c1-2-11-3-5-12(6-4-11)8-16-9-13(7-15)18-10-14(16)17/h3-6,13H,2,7-10,15H2,1H3. The van der Waals surface area contributed by atoms with Gasteiger partial charge in [-0.25, -0.2) is 0 Å². The van der Waals surface area contributed by atoms with E-state index in [1.807, 2.05) is 4.90 Å². The third kappa shape index (κ3) is 3.09. The second kappa shape index (κ2) is 5.98. The molecule has 2 rings (SSSR count).